The van der Waals surface area contributed by atoms with E-state index >= 15 is 0 Å². The van der Waals surface area contributed by atoms with Gasteiger partial charge in [0.15, 0.2) is 5.82 Å². The number of hydrogen-bond donors (Lipinski definition) is 0. The zero-order valence-electron chi connectivity index (χ0n) is 26.0. The van der Waals surface area contributed by atoms with Gasteiger partial charge in [0.05, 0.1) is 27.8 Å². The maximum atomic E-state index is 6.32. The van der Waals surface area contributed by atoms with Gasteiger partial charge < -0.3 is 8.98 Å². The molecule has 0 aliphatic heterocycles. The first-order valence-electron chi connectivity index (χ1n) is 16.1. The second-order valence-corrected chi connectivity index (χ2v) is 13.0. The Morgan fingerprint density at radius 1 is 0.553 bits per heavy atom. The fourth-order valence-corrected chi connectivity index (χ4v) is 7.84. The highest BCUT2D eigenvalue weighted by Gasteiger charge is 2.39. The van der Waals surface area contributed by atoms with Gasteiger partial charge in [-0.3, -0.25) is 0 Å². The molecule has 6 aromatic carbocycles. The zero-order chi connectivity index (χ0) is 31.3. The molecule has 0 saturated heterocycles. The van der Waals surface area contributed by atoms with Crippen LogP contribution in [0.3, 0.4) is 0 Å². The van der Waals surface area contributed by atoms with Crippen molar-refractivity contribution >= 4 is 43.7 Å². The largest absolute Gasteiger partial charge is 0.456 e. The number of benzene rings is 6. The molecular weight excluding hydrogens is 574 g/mol. The minimum absolute atomic E-state index is 0.210. The first kappa shape index (κ1) is 26.2. The van der Waals surface area contributed by atoms with Gasteiger partial charge in [-0.05, 0) is 54.1 Å². The highest BCUT2D eigenvalue weighted by atomic mass is 16.3. The highest BCUT2D eigenvalue weighted by molar-refractivity contribution is 6.24. The number of rotatable bonds is 3. The standard InChI is InChI=1S/C43H29N3O/c1-43(2)33-17-9-6-15-31(33)40-38(43)39(26-12-4-3-5-13-26)44-42(45-40)27-20-22-28(23-21-27)46-34-18-10-7-14-29(34)30-24-25-36-37(41(30)46)32-16-8-11-19-35(32)47-36/h3-25H,1-2H3. The lowest BCUT2D eigenvalue weighted by Gasteiger charge is -2.23. The van der Waals surface area contributed by atoms with Gasteiger partial charge >= 0.3 is 0 Å². The normalized spacial score (nSPS) is 13.5. The quantitative estimate of drug-likeness (QED) is 0.202. The Morgan fingerprint density at radius 2 is 1.26 bits per heavy atom. The van der Waals surface area contributed by atoms with E-state index in [0.717, 1.165) is 67.0 Å². The molecule has 47 heavy (non-hydrogen) atoms. The summed E-state index contributed by atoms with van der Waals surface area (Å²) in [5.74, 6) is 0.729. The average Bonchev–Trinajstić information content (AvgIpc) is 3.74. The number of hydrogen-bond acceptors (Lipinski definition) is 3. The van der Waals surface area contributed by atoms with E-state index < -0.39 is 0 Å². The SMILES string of the molecule is CC1(C)c2ccccc2-c2nc(-c3ccc(-n4c5ccccc5c5ccc6oc7ccccc7c6c54)cc3)nc(-c3ccccc3)c21. The van der Waals surface area contributed by atoms with Crippen molar-refractivity contribution in [2.24, 2.45) is 0 Å². The Kier molecular flexibility index (Phi) is 5.31. The van der Waals surface area contributed by atoms with Crippen LogP contribution in [-0.4, -0.2) is 14.5 Å². The maximum absolute atomic E-state index is 6.32. The second-order valence-electron chi connectivity index (χ2n) is 13.0. The van der Waals surface area contributed by atoms with E-state index in [0.29, 0.717) is 0 Å². The van der Waals surface area contributed by atoms with Gasteiger partial charge in [0, 0.05) is 49.5 Å². The van der Waals surface area contributed by atoms with Crippen molar-refractivity contribution in [1.29, 1.82) is 0 Å². The summed E-state index contributed by atoms with van der Waals surface area (Å²) in [6.07, 6.45) is 0. The summed E-state index contributed by atoms with van der Waals surface area (Å²) in [5.41, 5.74) is 12.7. The molecule has 9 aromatic rings. The lowest BCUT2D eigenvalue weighted by Crippen LogP contribution is -2.17. The van der Waals surface area contributed by atoms with Crippen LogP contribution in [0.1, 0.15) is 25.0 Å². The molecule has 0 amide bonds. The van der Waals surface area contributed by atoms with Crippen LogP contribution in [0.4, 0.5) is 0 Å². The van der Waals surface area contributed by atoms with Crippen molar-refractivity contribution in [3.05, 3.63) is 151 Å². The van der Waals surface area contributed by atoms with Gasteiger partial charge in [-0.25, -0.2) is 9.97 Å². The van der Waals surface area contributed by atoms with Crippen LogP contribution in [0.25, 0.3) is 83.3 Å². The number of aromatic nitrogens is 3. The summed E-state index contributed by atoms with van der Waals surface area (Å²) in [6, 6.07) is 49.1. The lowest BCUT2D eigenvalue weighted by molar-refractivity contribution is 0.658. The molecule has 0 N–H and O–H groups in total. The van der Waals surface area contributed by atoms with E-state index in [1.165, 1.54) is 27.5 Å². The van der Waals surface area contributed by atoms with E-state index in [9.17, 15) is 0 Å². The van der Waals surface area contributed by atoms with Crippen LogP contribution >= 0.6 is 0 Å². The fourth-order valence-electron chi connectivity index (χ4n) is 7.84. The van der Waals surface area contributed by atoms with Crippen LogP contribution in [0.2, 0.25) is 0 Å². The molecule has 1 aliphatic carbocycles. The number of nitrogens with zero attached hydrogens (tertiary/aromatic N) is 3. The number of fused-ring (bicyclic) bond motifs is 10. The van der Waals surface area contributed by atoms with E-state index in [-0.39, 0.29) is 5.41 Å². The van der Waals surface area contributed by atoms with Crippen LogP contribution in [0, 0.1) is 0 Å². The zero-order valence-corrected chi connectivity index (χ0v) is 26.0. The summed E-state index contributed by atoms with van der Waals surface area (Å²) in [6.45, 7) is 4.57. The van der Waals surface area contributed by atoms with Gasteiger partial charge in [-0.2, -0.15) is 0 Å². The molecule has 0 unspecified atom stereocenters. The van der Waals surface area contributed by atoms with E-state index in [4.69, 9.17) is 14.4 Å². The molecule has 0 radical (unpaired) electrons. The number of para-hydroxylation sites is 2. The van der Waals surface area contributed by atoms with Gasteiger partial charge in [-0.1, -0.05) is 105 Å². The molecule has 3 aromatic heterocycles. The summed E-state index contributed by atoms with van der Waals surface area (Å²) in [4.78, 5) is 10.6. The minimum Gasteiger partial charge on any atom is -0.456 e. The van der Waals surface area contributed by atoms with Crippen molar-refractivity contribution < 1.29 is 4.42 Å². The first-order valence-corrected chi connectivity index (χ1v) is 16.1. The molecule has 10 rings (SSSR count). The Bertz CT molecular complexity index is 2700. The molecule has 4 heteroatoms. The van der Waals surface area contributed by atoms with Crippen molar-refractivity contribution in [2.75, 3.05) is 0 Å². The van der Waals surface area contributed by atoms with Crippen LogP contribution in [0.15, 0.2) is 144 Å². The molecular formula is C43H29N3O. The average molecular weight is 604 g/mol. The summed E-state index contributed by atoms with van der Waals surface area (Å²) < 4.78 is 8.69. The molecule has 222 valence electrons. The van der Waals surface area contributed by atoms with E-state index in [1.54, 1.807) is 0 Å². The Hall–Kier alpha value is -6.00. The molecule has 0 atom stereocenters. The smallest absolute Gasteiger partial charge is 0.160 e. The van der Waals surface area contributed by atoms with Crippen molar-refractivity contribution in [3.8, 4) is 39.6 Å². The third-order valence-electron chi connectivity index (χ3n) is 10.00. The van der Waals surface area contributed by atoms with Crippen LogP contribution in [-0.2, 0) is 5.41 Å². The fraction of sp³-hybridized carbons (Fsp3) is 0.0698. The molecule has 0 saturated carbocycles. The van der Waals surface area contributed by atoms with Crippen molar-refractivity contribution in [3.63, 3.8) is 0 Å². The maximum Gasteiger partial charge on any atom is 0.160 e. The molecule has 0 spiro atoms. The van der Waals surface area contributed by atoms with E-state index in [1.807, 2.05) is 12.1 Å². The van der Waals surface area contributed by atoms with Crippen LogP contribution < -0.4 is 0 Å². The van der Waals surface area contributed by atoms with Gasteiger partial charge in [-0.15, -0.1) is 0 Å². The Labute approximate surface area is 271 Å². The minimum atomic E-state index is -0.210. The predicted octanol–water partition coefficient (Wildman–Crippen LogP) is 11.1. The topological polar surface area (TPSA) is 43.9 Å². The lowest BCUT2D eigenvalue weighted by atomic mass is 9.81. The summed E-state index contributed by atoms with van der Waals surface area (Å²) in [7, 11) is 0. The highest BCUT2D eigenvalue weighted by Crippen LogP contribution is 2.51. The van der Waals surface area contributed by atoms with E-state index in [2.05, 4.69) is 146 Å². The number of furan rings is 1. The summed E-state index contributed by atoms with van der Waals surface area (Å²) >= 11 is 0. The molecule has 4 nitrogen and oxygen atoms in total. The molecule has 3 heterocycles. The monoisotopic (exact) mass is 603 g/mol. The first-order chi connectivity index (χ1) is 23.1. The molecule has 0 bridgehead atoms. The Morgan fingerprint density at radius 3 is 2.11 bits per heavy atom. The predicted molar refractivity (Wildman–Crippen MR) is 192 cm³/mol. The van der Waals surface area contributed by atoms with Gasteiger partial charge in [0.1, 0.15) is 11.2 Å². The third-order valence-corrected chi connectivity index (χ3v) is 10.00. The second kappa shape index (κ2) is 9.51. The van der Waals surface area contributed by atoms with Crippen molar-refractivity contribution in [1.82, 2.24) is 14.5 Å². The molecule has 0 fully saturated rings. The van der Waals surface area contributed by atoms with Gasteiger partial charge in [0.25, 0.3) is 0 Å². The Balaban J connectivity index is 1.20. The summed E-state index contributed by atoms with van der Waals surface area (Å²) in [5, 5.41) is 4.68. The molecule has 1 aliphatic rings. The third kappa shape index (κ3) is 3.64. The van der Waals surface area contributed by atoms with Crippen LogP contribution in [0.5, 0.6) is 0 Å². The van der Waals surface area contributed by atoms with Crippen molar-refractivity contribution in [2.45, 2.75) is 19.3 Å². The van der Waals surface area contributed by atoms with Gasteiger partial charge in [0.2, 0.25) is 0 Å².